The fraction of sp³-hybridized carbons (Fsp3) is 0.429. The second kappa shape index (κ2) is 26.6. The number of hydrogen-bond acceptors (Lipinski definition) is 14. The number of hydrogen-bond donors (Lipinski definition) is 6. The molecule has 2 aliphatic heterocycles. The first kappa shape index (κ1) is 52.3. The summed E-state index contributed by atoms with van der Waals surface area (Å²) < 4.78 is 0. The van der Waals surface area contributed by atoms with E-state index in [9.17, 15) is 20.4 Å². The molecule has 0 saturated carbocycles. The van der Waals surface area contributed by atoms with Gasteiger partial charge in [-0.1, -0.05) is 99.9 Å². The molecule has 5 heterocycles. The van der Waals surface area contributed by atoms with Crippen molar-refractivity contribution in [2.75, 3.05) is 49.4 Å². The zero-order valence-corrected chi connectivity index (χ0v) is 44.3. The van der Waals surface area contributed by atoms with Gasteiger partial charge in [-0.25, -0.2) is 29.9 Å². The van der Waals surface area contributed by atoms with E-state index in [0.29, 0.717) is 45.9 Å². The van der Waals surface area contributed by atoms with Gasteiger partial charge in [0.1, 0.15) is 22.6 Å². The standard InChI is InChI=1S/C56H66N8O4S4/c65-29-9-1-5-13-33-69-41-25-17-21-37-45(41)53-57-49(37)62-54-47-39(23-19-27-43(47)71-35-15-7-3-11-31-67)51(59-54)64-56-48-40(24-20-28-44(48)72-36-16-8-4-12-32-68)52(60-56)63-55-46-38(50(58-55)61-53)22-18-26-42(46)70-34-14-6-2-10-30-66/h17-28,65-68H,1-16,29-36H2,(H2,57,58,59,60,61,62,63,64). The van der Waals surface area contributed by atoms with Gasteiger partial charge in [0.15, 0.2) is 23.3 Å². The van der Waals surface area contributed by atoms with Crippen molar-refractivity contribution in [2.24, 2.45) is 0 Å². The van der Waals surface area contributed by atoms with Crippen LogP contribution in [0.2, 0.25) is 0 Å². The minimum absolute atomic E-state index is 0.225. The van der Waals surface area contributed by atoms with E-state index in [4.69, 9.17) is 29.9 Å². The van der Waals surface area contributed by atoms with Crippen LogP contribution in [0, 0.1) is 0 Å². The molecule has 0 radical (unpaired) electrons. The Morgan fingerprint density at radius 3 is 1.01 bits per heavy atom. The lowest BCUT2D eigenvalue weighted by molar-refractivity contribution is 0.282. The summed E-state index contributed by atoms with van der Waals surface area (Å²) in [6.45, 7) is 0.901. The molecule has 4 aromatic carbocycles. The Labute approximate surface area is 439 Å². The van der Waals surface area contributed by atoms with Crippen LogP contribution in [0.4, 0.5) is 0 Å². The molecule has 16 heteroatoms. The third-order valence-electron chi connectivity index (χ3n) is 13.0. The molecule has 2 aliphatic rings. The third-order valence-corrected chi connectivity index (χ3v) is 17.6. The molecule has 0 aliphatic carbocycles. The van der Waals surface area contributed by atoms with Crippen LogP contribution >= 0.6 is 47.0 Å². The van der Waals surface area contributed by atoms with Crippen molar-refractivity contribution in [1.29, 1.82) is 0 Å². The Hall–Kier alpha value is -4.52. The van der Waals surface area contributed by atoms with E-state index in [2.05, 4.69) is 82.8 Å². The average Bonchev–Trinajstić information content (AvgIpc) is 4.15. The van der Waals surface area contributed by atoms with Gasteiger partial charge >= 0.3 is 0 Å². The number of H-pyrrole nitrogens is 2. The number of unbranched alkanes of at least 4 members (excludes halogenated alkanes) is 12. The molecule has 0 unspecified atom stereocenters. The highest BCUT2D eigenvalue weighted by molar-refractivity contribution is 8.00. The maximum Gasteiger partial charge on any atom is 0.165 e. The van der Waals surface area contributed by atoms with Crippen molar-refractivity contribution in [2.45, 2.75) is 122 Å². The van der Waals surface area contributed by atoms with Gasteiger partial charge in [0.2, 0.25) is 0 Å². The maximum atomic E-state index is 9.38. The zero-order valence-electron chi connectivity index (χ0n) is 41.0. The van der Waals surface area contributed by atoms with E-state index in [1.165, 1.54) is 0 Å². The molecule has 0 atom stereocenters. The van der Waals surface area contributed by atoms with Crippen molar-refractivity contribution in [3.8, 4) is 45.6 Å². The van der Waals surface area contributed by atoms with Crippen molar-refractivity contribution < 1.29 is 20.4 Å². The molecule has 12 nitrogen and oxygen atoms in total. The summed E-state index contributed by atoms with van der Waals surface area (Å²) in [5.41, 5.74) is 6.44. The summed E-state index contributed by atoms with van der Waals surface area (Å²) in [4.78, 5) is 44.4. The molecule has 0 spiro atoms. The lowest BCUT2D eigenvalue weighted by Gasteiger charge is -2.08. The van der Waals surface area contributed by atoms with Gasteiger partial charge < -0.3 is 30.4 Å². The number of aliphatic hydroxyl groups excluding tert-OH is 4. The van der Waals surface area contributed by atoms with E-state index in [1.54, 1.807) is 0 Å². The summed E-state index contributed by atoms with van der Waals surface area (Å²) in [5.74, 6) is 6.05. The largest absolute Gasteiger partial charge is 0.396 e. The molecule has 7 aromatic rings. The quantitative estimate of drug-likeness (QED) is 0.0201. The van der Waals surface area contributed by atoms with E-state index < -0.39 is 0 Å². The van der Waals surface area contributed by atoms with Crippen LogP contribution in [0.1, 0.15) is 103 Å². The second-order valence-electron chi connectivity index (χ2n) is 18.3. The van der Waals surface area contributed by atoms with E-state index >= 15 is 0 Å². The van der Waals surface area contributed by atoms with Gasteiger partial charge in [-0.2, -0.15) is 0 Å². The molecule has 0 fully saturated rings. The minimum Gasteiger partial charge on any atom is -0.396 e. The number of nitrogens with one attached hydrogen (secondary N) is 2. The summed E-state index contributed by atoms with van der Waals surface area (Å²) in [5, 5.41) is 41.4. The summed E-state index contributed by atoms with van der Waals surface area (Å²) in [6.07, 6.45) is 15.7. The van der Waals surface area contributed by atoms with Crippen LogP contribution < -0.4 is 0 Å². The Balaban J connectivity index is 1.27. The van der Waals surface area contributed by atoms with Crippen molar-refractivity contribution in [3.05, 3.63) is 72.8 Å². The van der Waals surface area contributed by atoms with Crippen molar-refractivity contribution in [1.82, 2.24) is 39.9 Å². The van der Waals surface area contributed by atoms with Gasteiger partial charge in [-0.3, -0.25) is 0 Å². The molecule has 9 rings (SSSR count). The van der Waals surface area contributed by atoms with Crippen LogP contribution in [0.15, 0.2) is 92.4 Å². The highest BCUT2D eigenvalue weighted by Gasteiger charge is 2.26. The van der Waals surface area contributed by atoms with Gasteiger partial charge in [0, 0.05) is 89.8 Å². The van der Waals surface area contributed by atoms with E-state index in [1.807, 2.05) is 47.0 Å². The first-order valence-corrected chi connectivity index (χ1v) is 29.8. The number of fused-ring (bicyclic) bond motifs is 20. The summed E-state index contributed by atoms with van der Waals surface area (Å²) >= 11 is 7.28. The number of aliphatic hydroxyl groups is 4. The Kier molecular flexibility index (Phi) is 19.4. The maximum absolute atomic E-state index is 9.38. The molecule has 6 N–H and O–H groups in total. The average molecular weight is 1040 g/mol. The molecule has 0 saturated heterocycles. The molecule has 378 valence electrons. The van der Waals surface area contributed by atoms with Crippen molar-refractivity contribution >= 4 is 91.2 Å². The van der Waals surface area contributed by atoms with Gasteiger partial charge in [-0.15, -0.1) is 47.0 Å². The van der Waals surface area contributed by atoms with E-state index in [0.717, 1.165) is 189 Å². The molecule has 8 bridgehead atoms. The SMILES string of the molecule is OCCCCCCSc1cccc2c1-c1nc-2nc2[nH]c(nc3nc(nc4[nH]c(n1)c1cccc(SCCCCCCO)c41)-c1cccc(SCCCCCCO)c1-3)c1cccc(SCCCCCCO)c21. The Morgan fingerprint density at radius 1 is 0.319 bits per heavy atom. The fourth-order valence-electron chi connectivity index (χ4n) is 9.34. The highest BCUT2D eigenvalue weighted by Crippen LogP contribution is 2.45. The fourth-order valence-corrected chi connectivity index (χ4v) is 13.7. The Morgan fingerprint density at radius 2 is 0.639 bits per heavy atom. The molecule has 3 aromatic heterocycles. The zero-order chi connectivity index (χ0) is 49.5. The lowest BCUT2D eigenvalue weighted by Crippen LogP contribution is -1.89. The highest BCUT2D eigenvalue weighted by atomic mass is 32.2. The van der Waals surface area contributed by atoms with Crippen LogP contribution in [0.25, 0.3) is 89.7 Å². The third kappa shape index (κ3) is 12.5. The summed E-state index contributed by atoms with van der Waals surface area (Å²) in [6, 6.07) is 25.5. The number of nitrogens with zero attached hydrogens (tertiary/aromatic N) is 6. The summed E-state index contributed by atoms with van der Waals surface area (Å²) in [7, 11) is 0. The van der Waals surface area contributed by atoms with Crippen LogP contribution in [-0.2, 0) is 0 Å². The van der Waals surface area contributed by atoms with Crippen molar-refractivity contribution in [3.63, 3.8) is 0 Å². The van der Waals surface area contributed by atoms with Crippen LogP contribution in [-0.4, -0.2) is 110 Å². The number of aromatic nitrogens is 8. The first-order chi connectivity index (χ1) is 35.6. The number of rotatable bonds is 28. The van der Waals surface area contributed by atoms with Crippen LogP contribution in [0.5, 0.6) is 0 Å². The molecular formula is C56H66N8O4S4. The smallest absolute Gasteiger partial charge is 0.165 e. The lowest BCUT2D eigenvalue weighted by atomic mass is 10.1. The second-order valence-corrected chi connectivity index (χ2v) is 22.8. The predicted molar refractivity (Wildman–Crippen MR) is 301 cm³/mol. The number of benzene rings is 4. The van der Waals surface area contributed by atoms with Gasteiger partial charge in [0.05, 0.1) is 0 Å². The molecule has 0 amide bonds. The monoisotopic (exact) mass is 1040 g/mol. The van der Waals surface area contributed by atoms with Gasteiger partial charge in [0.25, 0.3) is 0 Å². The topological polar surface area (TPSA) is 190 Å². The number of thioether (sulfide) groups is 4. The Bertz CT molecular complexity index is 2900. The minimum atomic E-state index is 0.225. The molecule has 72 heavy (non-hydrogen) atoms. The predicted octanol–water partition coefficient (Wildman–Crippen LogP) is 13.4. The molecular weight excluding hydrogens is 977 g/mol. The van der Waals surface area contributed by atoms with Crippen LogP contribution in [0.3, 0.4) is 0 Å². The normalized spacial score (nSPS) is 12.1. The van der Waals surface area contributed by atoms with Gasteiger partial charge in [-0.05, 0) is 98.6 Å². The first-order valence-electron chi connectivity index (χ1n) is 25.9. The number of aromatic amines is 2. The van der Waals surface area contributed by atoms with E-state index in [-0.39, 0.29) is 26.4 Å².